The molecule has 2 N–H and O–H groups in total. The molecule has 4 rings (SSSR count). The number of benzene rings is 1. The molecule has 3 aromatic rings. The summed E-state index contributed by atoms with van der Waals surface area (Å²) in [6.45, 7) is 0.395. The van der Waals surface area contributed by atoms with Gasteiger partial charge in [-0.1, -0.05) is 44.2 Å². The number of hydrogen-bond acceptors (Lipinski definition) is 5. The Hall–Kier alpha value is -2.67. The number of fused-ring (bicyclic) bond motifs is 1. The van der Waals surface area contributed by atoms with Gasteiger partial charge >= 0.3 is 0 Å². The van der Waals surface area contributed by atoms with Crippen LogP contribution < -0.4 is 10.1 Å². The molecule has 0 aliphatic heterocycles. The van der Waals surface area contributed by atoms with Gasteiger partial charge in [-0.05, 0) is 23.6 Å². The maximum Gasteiger partial charge on any atom is 0.268 e. The first kappa shape index (κ1) is 20.6. The molecule has 1 aliphatic rings. The summed E-state index contributed by atoms with van der Waals surface area (Å²) in [5.74, 6) is 1.28. The van der Waals surface area contributed by atoms with Gasteiger partial charge in [0.25, 0.3) is 5.91 Å². The Kier molecular flexibility index (Phi) is 6.18. The predicted octanol–water partition coefficient (Wildman–Crippen LogP) is 4.69. The van der Waals surface area contributed by atoms with Gasteiger partial charge in [0.15, 0.2) is 5.65 Å². The minimum absolute atomic E-state index is 0.196. The van der Waals surface area contributed by atoms with Gasteiger partial charge in [-0.2, -0.15) is 0 Å². The molecular weight excluding hydrogens is 396 g/mol. The molecule has 158 valence electrons. The number of amides is 1. The van der Waals surface area contributed by atoms with Gasteiger partial charge in [-0.15, -0.1) is 11.3 Å². The Morgan fingerprint density at radius 1 is 1.37 bits per heavy atom. The SMILES string of the molecule is COc1cccc(CNC(=O)c2c(C=N)c3sc(CC4CCCCC4)nc3n2C)c1. The number of nitrogens with one attached hydrogen (secondary N) is 2. The number of ether oxygens (including phenoxy) is 1. The molecule has 0 spiro atoms. The Bertz CT molecular complexity index is 1060. The van der Waals surface area contributed by atoms with E-state index in [1.165, 1.54) is 38.3 Å². The molecule has 1 fully saturated rings. The van der Waals surface area contributed by atoms with E-state index in [1.807, 2.05) is 35.9 Å². The van der Waals surface area contributed by atoms with Crippen LogP contribution in [0.2, 0.25) is 0 Å². The lowest BCUT2D eigenvalue weighted by atomic mass is 9.87. The second-order valence-corrected chi connectivity index (χ2v) is 9.05. The Balaban J connectivity index is 1.54. The van der Waals surface area contributed by atoms with Crippen LogP contribution in [-0.4, -0.2) is 28.8 Å². The van der Waals surface area contributed by atoms with Gasteiger partial charge in [0.05, 0.1) is 16.8 Å². The third-order valence-corrected chi connectivity index (χ3v) is 7.04. The van der Waals surface area contributed by atoms with E-state index in [1.54, 1.807) is 18.4 Å². The van der Waals surface area contributed by atoms with Crippen molar-refractivity contribution in [2.45, 2.75) is 45.1 Å². The summed E-state index contributed by atoms with van der Waals surface area (Å²) in [7, 11) is 3.49. The summed E-state index contributed by atoms with van der Waals surface area (Å²) in [5.41, 5.74) is 2.91. The zero-order valence-corrected chi connectivity index (χ0v) is 18.3. The molecule has 6 nitrogen and oxygen atoms in total. The highest BCUT2D eigenvalue weighted by Crippen LogP contribution is 2.33. The van der Waals surface area contributed by atoms with Crippen LogP contribution in [0.25, 0.3) is 10.3 Å². The first-order chi connectivity index (χ1) is 14.6. The molecule has 1 aliphatic carbocycles. The number of nitrogens with zero attached hydrogens (tertiary/aromatic N) is 2. The van der Waals surface area contributed by atoms with Crippen LogP contribution in [0.3, 0.4) is 0 Å². The summed E-state index contributed by atoms with van der Waals surface area (Å²) in [5, 5.41) is 12.0. The lowest BCUT2D eigenvalue weighted by molar-refractivity contribution is 0.0943. The highest BCUT2D eigenvalue weighted by atomic mass is 32.1. The number of carbonyl (C=O) groups excluding carboxylic acids is 1. The first-order valence-electron chi connectivity index (χ1n) is 10.5. The van der Waals surface area contributed by atoms with E-state index < -0.39 is 0 Å². The maximum atomic E-state index is 13.0. The standard InChI is InChI=1S/C23H28N4O2S/c1-27-20(23(28)25-14-16-9-6-10-17(11-16)29-2)18(13-24)21-22(27)26-19(30-21)12-15-7-4-3-5-8-15/h6,9-11,13,15,24H,3-5,7-8,12,14H2,1-2H3,(H,25,28). The van der Waals surface area contributed by atoms with E-state index in [0.717, 1.165) is 33.1 Å². The molecule has 1 amide bonds. The largest absolute Gasteiger partial charge is 0.497 e. The van der Waals surface area contributed by atoms with E-state index in [-0.39, 0.29) is 5.91 Å². The fourth-order valence-corrected chi connectivity index (χ4v) is 5.56. The van der Waals surface area contributed by atoms with Crippen molar-refractivity contribution in [3.05, 3.63) is 46.1 Å². The van der Waals surface area contributed by atoms with Crippen LogP contribution in [0.1, 0.15) is 58.7 Å². The van der Waals surface area contributed by atoms with Gasteiger partial charge in [-0.3, -0.25) is 4.79 Å². The molecule has 1 aromatic carbocycles. The van der Waals surface area contributed by atoms with Gasteiger partial charge in [-0.25, -0.2) is 4.98 Å². The van der Waals surface area contributed by atoms with Gasteiger partial charge < -0.3 is 20.0 Å². The third-order valence-electron chi connectivity index (χ3n) is 5.94. The highest BCUT2D eigenvalue weighted by molar-refractivity contribution is 7.19. The molecule has 1 saturated carbocycles. The topological polar surface area (TPSA) is 80.0 Å². The number of aromatic nitrogens is 2. The minimum Gasteiger partial charge on any atom is -0.497 e. The predicted molar refractivity (Wildman–Crippen MR) is 121 cm³/mol. The molecule has 0 bridgehead atoms. The minimum atomic E-state index is -0.196. The molecule has 2 heterocycles. The van der Waals surface area contributed by atoms with Gasteiger partial charge in [0.2, 0.25) is 0 Å². The summed E-state index contributed by atoms with van der Waals surface area (Å²) in [4.78, 5) is 17.8. The van der Waals surface area contributed by atoms with Crippen LogP contribution in [-0.2, 0) is 20.0 Å². The number of thiazole rings is 1. The highest BCUT2D eigenvalue weighted by Gasteiger charge is 2.24. The molecule has 2 aromatic heterocycles. The van der Waals surface area contributed by atoms with Crippen LogP contribution in [0, 0.1) is 11.3 Å². The van der Waals surface area contributed by atoms with Crippen molar-refractivity contribution in [1.29, 1.82) is 5.41 Å². The second-order valence-electron chi connectivity index (χ2n) is 7.97. The number of methoxy groups -OCH3 is 1. The van der Waals surface area contributed by atoms with E-state index in [2.05, 4.69) is 5.32 Å². The fraction of sp³-hybridized carbons (Fsp3) is 0.435. The molecule has 7 heteroatoms. The molecule has 0 unspecified atom stereocenters. The van der Waals surface area contributed by atoms with E-state index in [9.17, 15) is 4.79 Å². The number of carbonyl (C=O) groups is 1. The number of rotatable bonds is 7. The van der Waals surface area contributed by atoms with Crippen molar-refractivity contribution >= 4 is 33.8 Å². The normalized spacial score (nSPS) is 14.7. The average molecular weight is 425 g/mol. The first-order valence-corrected chi connectivity index (χ1v) is 11.3. The quantitative estimate of drug-likeness (QED) is 0.540. The number of hydrogen-bond donors (Lipinski definition) is 2. The van der Waals surface area contributed by atoms with Crippen LogP contribution in [0.4, 0.5) is 0 Å². The Morgan fingerprint density at radius 3 is 2.90 bits per heavy atom. The zero-order valence-electron chi connectivity index (χ0n) is 17.5. The molecule has 0 saturated heterocycles. The van der Waals surface area contributed by atoms with Gasteiger partial charge in [0, 0.05) is 31.8 Å². The van der Waals surface area contributed by atoms with E-state index in [4.69, 9.17) is 15.1 Å². The van der Waals surface area contributed by atoms with Crippen molar-refractivity contribution in [2.24, 2.45) is 13.0 Å². The van der Waals surface area contributed by atoms with Crippen molar-refractivity contribution in [3.63, 3.8) is 0 Å². The van der Waals surface area contributed by atoms with Crippen molar-refractivity contribution in [3.8, 4) is 5.75 Å². The maximum absolute atomic E-state index is 13.0. The summed E-state index contributed by atoms with van der Waals surface area (Å²) < 4.78 is 8.01. The lowest BCUT2D eigenvalue weighted by Crippen LogP contribution is -2.26. The van der Waals surface area contributed by atoms with Crippen LogP contribution in [0.15, 0.2) is 24.3 Å². The van der Waals surface area contributed by atoms with Crippen molar-refractivity contribution in [2.75, 3.05) is 7.11 Å². The molecule has 0 radical (unpaired) electrons. The van der Waals surface area contributed by atoms with Crippen LogP contribution >= 0.6 is 11.3 Å². The second kappa shape index (κ2) is 9.00. The average Bonchev–Trinajstić information content (AvgIpc) is 3.29. The zero-order chi connectivity index (χ0) is 21.1. The van der Waals surface area contributed by atoms with Crippen molar-refractivity contribution in [1.82, 2.24) is 14.9 Å². The summed E-state index contributed by atoms with van der Waals surface area (Å²) in [6.07, 6.45) is 8.84. The van der Waals surface area contributed by atoms with E-state index >= 15 is 0 Å². The molecule has 0 atom stereocenters. The monoisotopic (exact) mass is 424 g/mol. The lowest BCUT2D eigenvalue weighted by Gasteiger charge is -2.20. The van der Waals surface area contributed by atoms with Crippen LogP contribution in [0.5, 0.6) is 5.75 Å². The smallest absolute Gasteiger partial charge is 0.268 e. The molecule has 30 heavy (non-hydrogen) atoms. The van der Waals surface area contributed by atoms with E-state index in [0.29, 0.717) is 23.7 Å². The fourth-order valence-electron chi connectivity index (χ4n) is 4.33. The van der Waals surface area contributed by atoms with Crippen molar-refractivity contribution < 1.29 is 9.53 Å². The van der Waals surface area contributed by atoms with Gasteiger partial charge in [0.1, 0.15) is 11.4 Å². The summed E-state index contributed by atoms with van der Waals surface area (Å²) >= 11 is 1.63. The Labute approximate surface area is 180 Å². The number of aryl methyl sites for hydroxylation is 1. The Morgan fingerprint density at radius 2 is 2.17 bits per heavy atom. The third kappa shape index (κ3) is 4.12. The summed E-state index contributed by atoms with van der Waals surface area (Å²) in [6, 6.07) is 7.63. The molecular formula is C23H28N4O2S.